The van der Waals surface area contributed by atoms with Gasteiger partial charge in [-0.05, 0) is 44.2 Å². The van der Waals surface area contributed by atoms with E-state index in [1.54, 1.807) is 18.0 Å². The van der Waals surface area contributed by atoms with Crippen LogP contribution >= 0.6 is 11.8 Å². The molecule has 7 nitrogen and oxygen atoms in total. The molecule has 0 amide bonds. The minimum atomic E-state index is -0.140. The second-order valence-electron chi connectivity index (χ2n) is 6.87. The van der Waals surface area contributed by atoms with Crippen LogP contribution in [0, 0.1) is 5.92 Å². The van der Waals surface area contributed by atoms with Crippen LogP contribution < -0.4 is 4.90 Å². The van der Waals surface area contributed by atoms with E-state index in [9.17, 15) is 4.79 Å². The van der Waals surface area contributed by atoms with E-state index in [1.165, 1.54) is 12.8 Å². The van der Waals surface area contributed by atoms with Crippen LogP contribution in [0.5, 0.6) is 0 Å². The number of carbonyl (C=O) groups excluding carboxylic acids is 1. The summed E-state index contributed by atoms with van der Waals surface area (Å²) in [6.45, 7) is 7.18. The van der Waals surface area contributed by atoms with E-state index in [0.717, 1.165) is 48.0 Å². The number of furan rings is 1. The number of piperidine rings is 1. The van der Waals surface area contributed by atoms with Crippen molar-refractivity contribution in [2.45, 2.75) is 51.2 Å². The molecule has 8 heteroatoms. The van der Waals surface area contributed by atoms with Crippen LogP contribution in [0.1, 0.15) is 45.3 Å². The van der Waals surface area contributed by atoms with Crippen molar-refractivity contribution in [3.63, 3.8) is 0 Å². The van der Waals surface area contributed by atoms with E-state index in [0.29, 0.717) is 19.6 Å². The predicted octanol–water partition coefficient (Wildman–Crippen LogP) is 3.59. The molecule has 0 radical (unpaired) electrons. The Labute approximate surface area is 164 Å². The first-order valence-electron chi connectivity index (χ1n) is 9.66. The van der Waals surface area contributed by atoms with Gasteiger partial charge in [-0.15, -0.1) is 10.2 Å². The summed E-state index contributed by atoms with van der Waals surface area (Å²) < 4.78 is 12.6. The summed E-state index contributed by atoms with van der Waals surface area (Å²) in [4.78, 5) is 13.8. The highest BCUT2D eigenvalue weighted by atomic mass is 32.2. The minimum absolute atomic E-state index is 0.140. The number of ether oxygens (including phenoxy) is 1. The fourth-order valence-electron chi connectivity index (χ4n) is 3.14. The summed E-state index contributed by atoms with van der Waals surface area (Å²) in [5, 5.41) is 9.76. The van der Waals surface area contributed by atoms with Gasteiger partial charge in [0.25, 0.3) is 0 Å². The van der Waals surface area contributed by atoms with Gasteiger partial charge in [0.1, 0.15) is 5.76 Å². The van der Waals surface area contributed by atoms with Gasteiger partial charge in [0.05, 0.1) is 19.4 Å². The topological polar surface area (TPSA) is 73.4 Å². The SMILES string of the molecule is CCOC(=O)CCCSc1nnc(N2CCC(C)CC2)n1Cc1ccco1. The van der Waals surface area contributed by atoms with E-state index in [-0.39, 0.29) is 5.97 Å². The fraction of sp³-hybridized carbons (Fsp3) is 0.632. The van der Waals surface area contributed by atoms with Gasteiger partial charge in [0, 0.05) is 25.3 Å². The maximum Gasteiger partial charge on any atom is 0.305 e. The van der Waals surface area contributed by atoms with Gasteiger partial charge >= 0.3 is 5.97 Å². The molecule has 27 heavy (non-hydrogen) atoms. The molecule has 3 rings (SSSR count). The molecule has 0 aliphatic carbocycles. The van der Waals surface area contributed by atoms with Crippen LogP contribution in [0.4, 0.5) is 5.95 Å². The molecular formula is C19H28N4O3S. The van der Waals surface area contributed by atoms with E-state index in [4.69, 9.17) is 9.15 Å². The molecule has 0 unspecified atom stereocenters. The summed E-state index contributed by atoms with van der Waals surface area (Å²) >= 11 is 1.63. The lowest BCUT2D eigenvalue weighted by Gasteiger charge is -2.31. The second kappa shape index (κ2) is 9.82. The lowest BCUT2D eigenvalue weighted by atomic mass is 10.00. The van der Waals surface area contributed by atoms with Crippen molar-refractivity contribution < 1.29 is 13.9 Å². The van der Waals surface area contributed by atoms with Crippen molar-refractivity contribution in [3.05, 3.63) is 24.2 Å². The van der Waals surface area contributed by atoms with Crippen LogP contribution in [0.25, 0.3) is 0 Å². The van der Waals surface area contributed by atoms with Crippen molar-refractivity contribution >= 4 is 23.7 Å². The number of anilines is 1. The molecule has 148 valence electrons. The van der Waals surface area contributed by atoms with Crippen molar-refractivity contribution in [2.75, 3.05) is 30.3 Å². The Balaban J connectivity index is 1.66. The molecule has 1 saturated heterocycles. The van der Waals surface area contributed by atoms with Crippen LogP contribution in [0.3, 0.4) is 0 Å². The Hall–Kier alpha value is -1.96. The van der Waals surface area contributed by atoms with Gasteiger partial charge < -0.3 is 14.1 Å². The Bertz CT molecular complexity index is 709. The molecule has 1 aliphatic rings. The molecule has 2 aromatic heterocycles. The third-order valence-electron chi connectivity index (χ3n) is 4.72. The summed E-state index contributed by atoms with van der Waals surface area (Å²) in [5.41, 5.74) is 0. The summed E-state index contributed by atoms with van der Waals surface area (Å²) in [6, 6.07) is 3.87. The fourth-order valence-corrected chi connectivity index (χ4v) is 4.01. The van der Waals surface area contributed by atoms with Crippen LogP contribution in [0.15, 0.2) is 28.0 Å². The zero-order valence-corrected chi connectivity index (χ0v) is 16.9. The van der Waals surface area contributed by atoms with Gasteiger partial charge in [-0.2, -0.15) is 0 Å². The maximum atomic E-state index is 11.5. The monoisotopic (exact) mass is 392 g/mol. The number of nitrogens with zero attached hydrogens (tertiary/aromatic N) is 4. The smallest absolute Gasteiger partial charge is 0.305 e. The number of esters is 1. The van der Waals surface area contributed by atoms with Crippen molar-refractivity contribution in [1.29, 1.82) is 0 Å². The molecule has 3 heterocycles. The first-order chi connectivity index (χ1) is 13.2. The van der Waals surface area contributed by atoms with Crippen molar-refractivity contribution in [3.8, 4) is 0 Å². The number of rotatable bonds is 9. The largest absolute Gasteiger partial charge is 0.467 e. The number of hydrogen-bond acceptors (Lipinski definition) is 7. The van der Waals surface area contributed by atoms with Gasteiger partial charge in [-0.3, -0.25) is 9.36 Å². The van der Waals surface area contributed by atoms with Crippen LogP contribution in [-0.2, 0) is 16.1 Å². The average molecular weight is 393 g/mol. The zero-order valence-electron chi connectivity index (χ0n) is 16.1. The van der Waals surface area contributed by atoms with Crippen molar-refractivity contribution in [1.82, 2.24) is 14.8 Å². The van der Waals surface area contributed by atoms with Crippen LogP contribution in [0.2, 0.25) is 0 Å². The normalized spacial score (nSPS) is 15.3. The Kier molecular flexibility index (Phi) is 7.20. The standard InChI is InChI=1S/C19H28N4O3S/c1-3-25-17(24)7-5-13-27-19-21-20-18(22-10-8-15(2)9-11-22)23(19)14-16-6-4-12-26-16/h4,6,12,15H,3,5,7-11,13-14H2,1-2H3. The minimum Gasteiger partial charge on any atom is -0.467 e. The third kappa shape index (κ3) is 5.51. The lowest BCUT2D eigenvalue weighted by Crippen LogP contribution is -2.35. The first kappa shape index (κ1) is 19.8. The number of carbonyl (C=O) groups is 1. The molecule has 0 atom stereocenters. The van der Waals surface area contributed by atoms with Crippen molar-refractivity contribution in [2.24, 2.45) is 5.92 Å². The highest BCUT2D eigenvalue weighted by Gasteiger charge is 2.23. The summed E-state index contributed by atoms with van der Waals surface area (Å²) in [6.07, 6.45) is 5.23. The molecule has 1 fully saturated rings. The van der Waals surface area contributed by atoms with E-state index in [1.807, 2.05) is 19.1 Å². The second-order valence-corrected chi connectivity index (χ2v) is 7.94. The molecule has 0 bridgehead atoms. The molecule has 0 saturated carbocycles. The maximum absolute atomic E-state index is 11.5. The van der Waals surface area contributed by atoms with E-state index < -0.39 is 0 Å². The lowest BCUT2D eigenvalue weighted by molar-refractivity contribution is -0.143. The summed E-state index contributed by atoms with van der Waals surface area (Å²) in [5.74, 6) is 3.21. The predicted molar refractivity (Wildman–Crippen MR) is 105 cm³/mol. The zero-order chi connectivity index (χ0) is 19.1. The van der Waals surface area contributed by atoms with Gasteiger partial charge in [-0.1, -0.05) is 18.7 Å². The van der Waals surface area contributed by atoms with E-state index >= 15 is 0 Å². The molecular weight excluding hydrogens is 364 g/mol. The summed E-state index contributed by atoms with van der Waals surface area (Å²) in [7, 11) is 0. The van der Waals surface area contributed by atoms with Crippen LogP contribution in [-0.4, -0.2) is 46.2 Å². The van der Waals surface area contributed by atoms with Gasteiger partial charge in [0.15, 0.2) is 5.16 Å². The molecule has 0 N–H and O–H groups in total. The molecule has 0 spiro atoms. The molecule has 2 aromatic rings. The Morgan fingerprint density at radius 1 is 1.37 bits per heavy atom. The van der Waals surface area contributed by atoms with Gasteiger partial charge in [-0.25, -0.2) is 0 Å². The number of hydrogen-bond donors (Lipinski definition) is 0. The quantitative estimate of drug-likeness (QED) is 0.367. The van der Waals surface area contributed by atoms with E-state index in [2.05, 4.69) is 26.6 Å². The number of aromatic nitrogens is 3. The molecule has 1 aliphatic heterocycles. The first-order valence-corrected chi connectivity index (χ1v) is 10.6. The van der Waals surface area contributed by atoms with Gasteiger partial charge in [0.2, 0.25) is 5.95 Å². The highest BCUT2D eigenvalue weighted by Crippen LogP contribution is 2.27. The Morgan fingerprint density at radius 2 is 2.19 bits per heavy atom. The highest BCUT2D eigenvalue weighted by molar-refractivity contribution is 7.99. The molecule has 0 aromatic carbocycles. The third-order valence-corrected chi connectivity index (χ3v) is 5.77. The Morgan fingerprint density at radius 3 is 2.89 bits per heavy atom. The average Bonchev–Trinajstić information content (AvgIpc) is 3.31. The number of thioether (sulfide) groups is 1.